The number of benzene rings is 1. The predicted octanol–water partition coefficient (Wildman–Crippen LogP) is 3.75. The van der Waals surface area contributed by atoms with Gasteiger partial charge in [-0.1, -0.05) is 0 Å². The van der Waals surface area contributed by atoms with Crippen molar-refractivity contribution in [1.82, 2.24) is 9.78 Å². The molecule has 164 valence electrons. The van der Waals surface area contributed by atoms with Gasteiger partial charge in [-0.3, -0.25) is 29.7 Å². The van der Waals surface area contributed by atoms with Crippen molar-refractivity contribution >= 4 is 23.0 Å². The average Bonchev–Trinajstić information content (AvgIpc) is 3.20. The lowest BCUT2D eigenvalue weighted by Crippen LogP contribution is -2.52. The summed E-state index contributed by atoms with van der Waals surface area (Å²) in [5.74, 6) is 0.964. The molecule has 2 aromatic rings. The number of anilines is 1. The Bertz CT molecular complexity index is 1160. The van der Waals surface area contributed by atoms with E-state index in [4.69, 9.17) is 0 Å². The third kappa shape index (κ3) is 3.19. The largest absolute Gasteiger partial charge is 0.320 e. The van der Waals surface area contributed by atoms with Crippen LogP contribution in [-0.2, 0) is 5.54 Å². The van der Waals surface area contributed by atoms with Gasteiger partial charge in [0.05, 0.1) is 26.6 Å². The molecule has 1 amide bonds. The third-order valence-electron chi connectivity index (χ3n) is 7.18. The number of amides is 1. The van der Waals surface area contributed by atoms with Crippen LogP contribution in [0.2, 0.25) is 0 Å². The van der Waals surface area contributed by atoms with E-state index in [1.807, 2.05) is 0 Å². The zero-order valence-electron chi connectivity index (χ0n) is 17.1. The summed E-state index contributed by atoms with van der Waals surface area (Å²) in [6, 6.07) is 5.22. The molecule has 1 aromatic heterocycles. The van der Waals surface area contributed by atoms with Gasteiger partial charge in [0.2, 0.25) is 5.69 Å². The highest BCUT2D eigenvalue weighted by atomic mass is 16.6. The molecule has 4 saturated carbocycles. The summed E-state index contributed by atoms with van der Waals surface area (Å²) in [6.45, 7) is 0. The van der Waals surface area contributed by atoms with Gasteiger partial charge in [0.25, 0.3) is 11.6 Å². The van der Waals surface area contributed by atoms with E-state index in [-0.39, 0.29) is 28.2 Å². The van der Waals surface area contributed by atoms with E-state index >= 15 is 0 Å². The van der Waals surface area contributed by atoms with Crippen molar-refractivity contribution in [3.8, 4) is 6.07 Å². The lowest BCUT2D eigenvalue weighted by Gasteiger charge is -2.56. The summed E-state index contributed by atoms with van der Waals surface area (Å²) in [5.41, 5.74) is -1.39. The Kier molecular flexibility index (Phi) is 4.47. The van der Waals surface area contributed by atoms with E-state index < -0.39 is 21.4 Å². The number of hydrogen-bond acceptors (Lipinski definition) is 7. The van der Waals surface area contributed by atoms with Crippen LogP contribution < -0.4 is 5.32 Å². The Morgan fingerprint density at radius 3 is 2.28 bits per heavy atom. The number of nitro groups is 2. The van der Waals surface area contributed by atoms with Crippen LogP contribution in [-0.4, -0.2) is 25.5 Å². The number of hydrogen-bond donors (Lipinski definition) is 1. The fourth-order valence-corrected chi connectivity index (χ4v) is 6.28. The Hall–Kier alpha value is -3.81. The molecule has 0 saturated heterocycles. The summed E-state index contributed by atoms with van der Waals surface area (Å²) in [7, 11) is 0. The summed E-state index contributed by atoms with van der Waals surface area (Å²) < 4.78 is 1.64. The molecule has 4 fully saturated rings. The maximum Gasteiger partial charge on any atom is 0.320 e. The maximum atomic E-state index is 12.9. The summed E-state index contributed by atoms with van der Waals surface area (Å²) in [5, 5.41) is 38.8. The standard InChI is InChI=1S/C21H20N6O5/c22-10-15-6-16(26(29)30)1-2-17(15)23-20(28)19-18(27(31)32)11-25(24-19)21-7-12-3-13(8-21)5-14(4-12)9-21/h1-2,6,11-14H,3-5,7-9H2,(H,23,28). The first kappa shape index (κ1) is 20.1. The second-order valence-corrected chi connectivity index (χ2v) is 9.26. The van der Waals surface area contributed by atoms with Gasteiger partial charge < -0.3 is 5.32 Å². The molecule has 4 aliphatic rings. The molecule has 0 atom stereocenters. The summed E-state index contributed by atoms with van der Waals surface area (Å²) >= 11 is 0. The minimum atomic E-state index is -0.828. The molecule has 1 N–H and O–H groups in total. The van der Waals surface area contributed by atoms with Crippen LogP contribution in [0.4, 0.5) is 17.1 Å². The maximum absolute atomic E-state index is 12.9. The van der Waals surface area contributed by atoms with Gasteiger partial charge in [0.15, 0.2) is 0 Å². The van der Waals surface area contributed by atoms with Crippen LogP contribution in [0.25, 0.3) is 0 Å². The molecular weight excluding hydrogens is 416 g/mol. The van der Waals surface area contributed by atoms with Gasteiger partial charge in [-0.2, -0.15) is 10.4 Å². The zero-order chi connectivity index (χ0) is 22.6. The van der Waals surface area contributed by atoms with E-state index in [0.29, 0.717) is 17.8 Å². The van der Waals surface area contributed by atoms with Crippen molar-refractivity contribution in [2.45, 2.75) is 44.1 Å². The fraction of sp³-hybridized carbons (Fsp3) is 0.476. The van der Waals surface area contributed by atoms with E-state index in [2.05, 4.69) is 10.4 Å². The Labute approximate surface area is 182 Å². The van der Waals surface area contributed by atoms with Crippen LogP contribution in [0.3, 0.4) is 0 Å². The topological polar surface area (TPSA) is 157 Å². The molecule has 0 aliphatic heterocycles. The monoisotopic (exact) mass is 436 g/mol. The molecule has 0 radical (unpaired) electrons. The lowest BCUT2D eigenvalue weighted by atomic mass is 9.53. The molecular formula is C21H20N6O5. The number of nitrogens with one attached hydrogen (secondary N) is 1. The molecule has 11 heteroatoms. The number of nitro benzene ring substituents is 1. The van der Waals surface area contributed by atoms with Crippen molar-refractivity contribution < 1.29 is 14.6 Å². The SMILES string of the molecule is N#Cc1cc([N+](=O)[O-])ccc1NC(=O)c1nn(C23CC4CC(CC(C4)C2)C3)cc1[N+](=O)[O-]. The third-order valence-corrected chi connectivity index (χ3v) is 7.18. The number of non-ortho nitro benzene ring substituents is 1. The van der Waals surface area contributed by atoms with E-state index in [1.54, 1.807) is 10.8 Å². The van der Waals surface area contributed by atoms with E-state index in [9.17, 15) is 30.3 Å². The second-order valence-electron chi connectivity index (χ2n) is 9.26. The number of rotatable bonds is 5. The van der Waals surface area contributed by atoms with E-state index in [1.165, 1.54) is 31.5 Å². The van der Waals surface area contributed by atoms with Crippen molar-refractivity contribution in [2.75, 3.05) is 5.32 Å². The minimum absolute atomic E-state index is 0.0294. The number of carbonyl (C=O) groups is 1. The lowest BCUT2D eigenvalue weighted by molar-refractivity contribution is -0.385. The van der Waals surface area contributed by atoms with Crippen molar-refractivity contribution in [3.63, 3.8) is 0 Å². The number of aromatic nitrogens is 2. The molecule has 4 bridgehead atoms. The van der Waals surface area contributed by atoms with Crippen LogP contribution in [0, 0.1) is 49.3 Å². The first-order chi connectivity index (χ1) is 15.3. The number of nitriles is 1. The first-order valence-corrected chi connectivity index (χ1v) is 10.5. The highest BCUT2D eigenvalue weighted by molar-refractivity contribution is 6.06. The molecule has 4 aliphatic carbocycles. The smallest absolute Gasteiger partial charge is 0.319 e. The fourth-order valence-electron chi connectivity index (χ4n) is 6.28. The normalized spacial score (nSPS) is 27.7. The Balaban J connectivity index is 1.47. The Morgan fingerprint density at radius 1 is 1.12 bits per heavy atom. The molecule has 1 aromatic carbocycles. The summed E-state index contributed by atoms with van der Waals surface area (Å²) in [4.78, 5) is 34.3. The van der Waals surface area contributed by atoms with Gasteiger partial charge in [-0.15, -0.1) is 0 Å². The van der Waals surface area contributed by atoms with Crippen molar-refractivity contribution in [1.29, 1.82) is 5.26 Å². The molecule has 11 nitrogen and oxygen atoms in total. The number of nitrogens with zero attached hydrogens (tertiary/aromatic N) is 5. The highest BCUT2D eigenvalue weighted by Gasteiger charge is 2.53. The number of carbonyl (C=O) groups excluding carboxylic acids is 1. The molecule has 32 heavy (non-hydrogen) atoms. The van der Waals surface area contributed by atoms with Gasteiger partial charge in [0, 0.05) is 12.1 Å². The predicted molar refractivity (Wildman–Crippen MR) is 111 cm³/mol. The molecule has 1 heterocycles. The van der Waals surface area contributed by atoms with Crippen LogP contribution in [0.1, 0.15) is 54.6 Å². The van der Waals surface area contributed by atoms with E-state index in [0.717, 1.165) is 31.4 Å². The second kappa shape index (κ2) is 7.12. The van der Waals surface area contributed by atoms with Crippen molar-refractivity contribution in [3.05, 3.63) is 55.9 Å². The zero-order valence-corrected chi connectivity index (χ0v) is 17.1. The minimum Gasteiger partial charge on any atom is -0.319 e. The molecule has 0 unspecified atom stereocenters. The van der Waals surface area contributed by atoms with Crippen LogP contribution in [0.15, 0.2) is 24.4 Å². The molecule has 0 spiro atoms. The summed E-state index contributed by atoms with van der Waals surface area (Å²) in [6.07, 6.45) is 7.72. The van der Waals surface area contributed by atoms with Crippen molar-refractivity contribution in [2.24, 2.45) is 17.8 Å². The first-order valence-electron chi connectivity index (χ1n) is 10.5. The highest BCUT2D eigenvalue weighted by Crippen LogP contribution is 2.58. The molecule has 6 rings (SSSR count). The van der Waals surface area contributed by atoms with Gasteiger partial charge in [0.1, 0.15) is 12.3 Å². The van der Waals surface area contributed by atoms with Gasteiger partial charge in [-0.05, 0) is 62.3 Å². The van der Waals surface area contributed by atoms with Crippen LogP contribution >= 0.6 is 0 Å². The van der Waals surface area contributed by atoms with Crippen LogP contribution in [0.5, 0.6) is 0 Å². The van der Waals surface area contributed by atoms with Gasteiger partial charge in [-0.25, -0.2) is 0 Å². The quantitative estimate of drug-likeness (QED) is 0.552. The van der Waals surface area contributed by atoms with Gasteiger partial charge >= 0.3 is 5.69 Å². The average molecular weight is 436 g/mol. The Morgan fingerprint density at radius 2 is 1.75 bits per heavy atom.